The first kappa shape index (κ1) is 11.1. The summed E-state index contributed by atoms with van der Waals surface area (Å²) in [7, 11) is 0. The van der Waals surface area contributed by atoms with Crippen molar-refractivity contribution >= 4 is 5.97 Å². The van der Waals surface area contributed by atoms with Gasteiger partial charge >= 0.3 is 5.97 Å². The van der Waals surface area contributed by atoms with Gasteiger partial charge in [0.2, 0.25) is 0 Å². The fraction of sp³-hybridized carbons (Fsp3) is 0.636. The first-order valence-electron chi connectivity index (χ1n) is 5.59. The maximum Gasteiger partial charge on any atom is 0.356 e. The van der Waals surface area contributed by atoms with E-state index in [0.29, 0.717) is 13.0 Å². The van der Waals surface area contributed by atoms with Gasteiger partial charge in [-0.3, -0.25) is 0 Å². The van der Waals surface area contributed by atoms with E-state index in [-0.39, 0.29) is 17.7 Å². The second kappa shape index (κ2) is 3.90. The first-order valence-corrected chi connectivity index (χ1v) is 5.59. The lowest BCUT2D eigenvalue weighted by molar-refractivity contribution is 0.0689. The van der Waals surface area contributed by atoms with Crippen LogP contribution in [0.1, 0.15) is 48.2 Å². The zero-order chi connectivity index (χ0) is 11.9. The number of rotatable bonds is 2. The molecule has 2 heterocycles. The molecule has 2 rings (SSSR count). The molecule has 0 saturated carbocycles. The summed E-state index contributed by atoms with van der Waals surface area (Å²) in [4.78, 5) is 15.3. The minimum atomic E-state index is -0.939. The van der Waals surface area contributed by atoms with Crippen LogP contribution in [0.25, 0.3) is 0 Å². The van der Waals surface area contributed by atoms with Crippen molar-refractivity contribution in [3.8, 4) is 0 Å². The third kappa shape index (κ3) is 1.71. The average Bonchev–Trinajstić information content (AvgIpc) is 2.56. The van der Waals surface area contributed by atoms with Crippen LogP contribution in [0.5, 0.6) is 0 Å². The Morgan fingerprint density at radius 3 is 2.88 bits per heavy atom. The highest BCUT2D eigenvalue weighted by Gasteiger charge is 2.27. The standard InChI is InChI=1S/C11H17N3O2/c1-6(2)10-13-9(11(15)16)8-4-3-7(12)5-14(8)10/h6-7H,3-5,12H2,1-2H3,(H,15,16). The van der Waals surface area contributed by atoms with Gasteiger partial charge in [0.25, 0.3) is 0 Å². The van der Waals surface area contributed by atoms with Crippen molar-refractivity contribution in [2.24, 2.45) is 5.73 Å². The van der Waals surface area contributed by atoms with Gasteiger partial charge in [-0.2, -0.15) is 0 Å². The number of carboxylic acid groups (broad SMARTS) is 1. The molecule has 1 aliphatic heterocycles. The van der Waals surface area contributed by atoms with E-state index in [9.17, 15) is 4.79 Å². The molecule has 0 saturated heterocycles. The van der Waals surface area contributed by atoms with Crippen molar-refractivity contribution in [3.05, 3.63) is 17.2 Å². The second-order valence-electron chi connectivity index (χ2n) is 4.63. The Bertz CT molecular complexity index is 423. The highest BCUT2D eigenvalue weighted by molar-refractivity contribution is 5.87. The number of nitrogens with two attached hydrogens (primary N) is 1. The molecule has 5 heteroatoms. The zero-order valence-electron chi connectivity index (χ0n) is 9.60. The molecule has 0 amide bonds. The Morgan fingerprint density at radius 1 is 1.62 bits per heavy atom. The predicted molar refractivity (Wildman–Crippen MR) is 59.6 cm³/mol. The molecule has 0 fully saturated rings. The minimum absolute atomic E-state index is 0.112. The highest BCUT2D eigenvalue weighted by atomic mass is 16.4. The van der Waals surface area contributed by atoms with Gasteiger partial charge in [0.1, 0.15) is 5.82 Å². The van der Waals surface area contributed by atoms with Crippen molar-refractivity contribution in [2.45, 2.75) is 45.2 Å². The van der Waals surface area contributed by atoms with E-state index in [1.54, 1.807) is 0 Å². The molecule has 0 radical (unpaired) electrons. The van der Waals surface area contributed by atoms with Crippen LogP contribution in [-0.2, 0) is 13.0 Å². The number of nitrogens with zero attached hydrogens (tertiary/aromatic N) is 2. The number of hydrogen-bond donors (Lipinski definition) is 2. The van der Waals surface area contributed by atoms with E-state index in [1.165, 1.54) is 0 Å². The lowest BCUT2D eigenvalue weighted by atomic mass is 10.0. The molecule has 16 heavy (non-hydrogen) atoms. The number of carboxylic acids is 1. The average molecular weight is 223 g/mol. The van der Waals surface area contributed by atoms with Crippen molar-refractivity contribution in [3.63, 3.8) is 0 Å². The number of imidazole rings is 1. The minimum Gasteiger partial charge on any atom is -0.476 e. The van der Waals surface area contributed by atoms with Crippen molar-refractivity contribution in [1.29, 1.82) is 0 Å². The predicted octanol–water partition coefficient (Wildman–Crippen LogP) is 0.978. The number of aromatic carboxylic acids is 1. The van der Waals surface area contributed by atoms with Crippen LogP contribution in [0.3, 0.4) is 0 Å². The quantitative estimate of drug-likeness (QED) is 0.783. The maximum atomic E-state index is 11.1. The van der Waals surface area contributed by atoms with E-state index in [1.807, 2.05) is 18.4 Å². The Morgan fingerprint density at radius 2 is 2.31 bits per heavy atom. The summed E-state index contributed by atoms with van der Waals surface area (Å²) in [5.41, 5.74) is 6.94. The third-order valence-electron chi connectivity index (χ3n) is 2.99. The topological polar surface area (TPSA) is 81.1 Å². The number of aromatic nitrogens is 2. The van der Waals surface area contributed by atoms with Gasteiger partial charge in [0.15, 0.2) is 5.69 Å². The zero-order valence-corrected chi connectivity index (χ0v) is 9.60. The van der Waals surface area contributed by atoms with E-state index in [4.69, 9.17) is 10.8 Å². The molecule has 5 nitrogen and oxygen atoms in total. The third-order valence-corrected chi connectivity index (χ3v) is 2.99. The van der Waals surface area contributed by atoms with E-state index >= 15 is 0 Å². The van der Waals surface area contributed by atoms with Crippen LogP contribution in [0, 0.1) is 0 Å². The summed E-state index contributed by atoms with van der Waals surface area (Å²) < 4.78 is 1.99. The summed E-state index contributed by atoms with van der Waals surface area (Å²) in [6.07, 6.45) is 1.55. The molecule has 1 aromatic heterocycles. The SMILES string of the molecule is CC(C)c1nc(C(=O)O)c2n1CC(N)CC2. The first-order chi connectivity index (χ1) is 7.50. The summed E-state index contributed by atoms with van der Waals surface area (Å²) >= 11 is 0. The molecule has 0 aliphatic carbocycles. The summed E-state index contributed by atoms with van der Waals surface area (Å²) in [5.74, 6) is 0.117. The molecule has 0 aromatic carbocycles. The lowest BCUT2D eigenvalue weighted by Crippen LogP contribution is -2.33. The molecule has 1 atom stereocenters. The molecule has 1 aliphatic rings. The van der Waals surface area contributed by atoms with E-state index < -0.39 is 5.97 Å². The number of carbonyl (C=O) groups is 1. The fourth-order valence-electron chi connectivity index (χ4n) is 2.22. The fourth-order valence-corrected chi connectivity index (χ4v) is 2.22. The molecule has 3 N–H and O–H groups in total. The molecule has 1 aromatic rings. The Kier molecular flexibility index (Phi) is 2.71. The van der Waals surface area contributed by atoms with Crippen molar-refractivity contribution in [2.75, 3.05) is 0 Å². The van der Waals surface area contributed by atoms with E-state index in [0.717, 1.165) is 17.9 Å². The summed E-state index contributed by atoms with van der Waals surface area (Å²) in [6, 6.07) is 0.112. The van der Waals surface area contributed by atoms with Crippen molar-refractivity contribution < 1.29 is 9.90 Å². The van der Waals surface area contributed by atoms with Gasteiger partial charge < -0.3 is 15.4 Å². The molecular formula is C11H17N3O2. The highest BCUT2D eigenvalue weighted by Crippen LogP contribution is 2.24. The van der Waals surface area contributed by atoms with Crippen LogP contribution in [0.4, 0.5) is 0 Å². The molecule has 0 bridgehead atoms. The number of hydrogen-bond acceptors (Lipinski definition) is 3. The smallest absolute Gasteiger partial charge is 0.356 e. The van der Waals surface area contributed by atoms with Crippen LogP contribution in [0.15, 0.2) is 0 Å². The molecule has 0 spiro atoms. The summed E-state index contributed by atoms with van der Waals surface area (Å²) in [6.45, 7) is 4.71. The van der Waals surface area contributed by atoms with Gasteiger partial charge in [-0.25, -0.2) is 9.78 Å². The van der Waals surface area contributed by atoms with Crippen LogP contribution >= 0.6 is 0 Å². The van der Waals surface area contributed by atoms with Crippen LogP contribution < -0.4 is 5.73 Å². The monoisotopic (exact) mass is 223 g/mol. The number of fused-ring (bicyclic) bond motifs is 1. The lowest BCUT2D eigenvalue weighted by Gasteiger charge is -2.23. The van der Waals surface area contributed by atoms with Gasteiger partial charge in [0.05, 0.1) is 5.69 Å². The maximum absolute atomic E-state index is 11.1. The molecule has 1 unspecified atom stereocenters. The normalized spacial score (nSPS) is 19.9. The second-order valence-corrected chi connectivity index (χ2v) is 4.63. The van der Waals surface area contributed by atoms with Crippen molar-refractivity contribution in [1.82, 2.24) is 9.55 Å². The molecule has 88 valence electrons. The summed E-state index contributed by atoms with van der Waals surface area (Å²) in [5, 5.41) is 9.09. The van der Waals surface area contributed by atoms with E-state index in [2.05, 4.69) is 4.98 Å². The molecular weight excluding hydrogens is 206 g/mol. The Labute approximate surface area is 94.3 Å². The van der Waals surface area contributed by atoms with Gasteiger partial charge in [0, 0.05) is 18.5 Å². The van der Waals surface area contributed by atoms with Crippen LogP contribution in [0.2, 0.25) is 0 Å². The van der Waals surface area contributed by atoms with Gasteiger partial charge in [-0.1, -0.05) is 13.8 Å². The Hall–Kier alpha value is -1.36. The largest absolute Gasteiger partial charge is 0.476 e. The van der Waals surface area contributed by atoms with Gasteiger partial charge in [-0.05, 0) is 12.8 Å². The van der Waals surface area contributed by atoms with Gasteiger partial charge in [-0.15, -0.1) is 0 Å². The van der Waals surface area contributed by atoms with Crippen LogP contribution in [-0.4, -0.2) is 26.7 Å². The Balaban J connectivity index is 2.53.